The Kier molecular flexibility index (Phi) is 6.41. The second kappa shape index (κ2) is 8.97. The molecule has 2 aliphatic rings. The van der Waals surface area contributed by atoms with Gasteiger partial charge >= 0.3 is 0 Å². The lowest BCUT2D eigenvalue weighted by atomic mass is 9.96. The zero-order valence-electron chi connectivity index (χ0n) is 16.0. The van der Waals surface area contributed by atoms with Gasteiger partial charge in [0.15, 0.2) is 0 Å². The third kappa shape index (κ3) is 4.52. The van der Waals surface area contributed by atoms with Crippen molar-refractivity contribution in [1.82, 2.24) is 0 Å². The topological polar surface area (TPSA) is 18.1 Å². The van der Waals surface area contributed by atoms with E-state index in [0.717, 1.165) is 31.2 Å². The predicted octanol–water partition coefficient (Wildman–Crippen LogP) is 1.91. The molecule has 5 heteroatoms. The number of nitrogens with one attached hydrogen (secondary N) is 2. The van der Waals surface area contributed by atoms with Crippen LogP contribution in [0, 0.1) is 0 Å². The quantitative estimate of drug-likeness (QED) is 0.741. The van der Waals surface area contributed by atoms with Crippen molar-refractivity contribution in [1.29, 1.82) is 0 Å². The minimum atomic E-state index is 0.516. The molecular weight excluding hydrogens is 376 g/mol. The van der Waals surface area contributed by atoms with Crippen molar-refractivity contribution < 1.29 is 14.5 Å². The molecule has 1 saturated heterocycles. The van der Waals surface area contributed by atoms with Gasteiger partial charge in [-0.15, -0.1) is 0 Å². The van der Waals surface area contributed by atoms with Crippen LogP contribution >= 0.6 is 23.4 Å². The van der Waals surface area contributed by atoms with E-state index < -0.39 is 0 Å². The number of rotatable bonds is 5. The van der Waals surface area contributed by atoms with E-state index in [1.165, 1.54) is 47.1 Å². The van der Waals surface area contributed by atoms with E-state index in [0.29, 0.717) is 6.04 Å². The van der Waals surface area contributed by atoms with Gasteiger partial charge in [-0.1, -0.05) is 41.6 Å². The van der Waals surface area contributed by atoms with Crippen LogP contribution in [0.1, 0.15) is 24.1 Å². The third-order valence-corrected chi connectivity index (χ3v) is 7.30. The summed E-state index contributed by atoms with van der Waals surface area (Å²) in [6.07, 6.45) is 1.07. The molecular formula is C22H29ClN2OS+2. The molecule has 0 aromatic heterocycles. The van der Waals surface area contributed by atoms with Crippen molar-refractivity contribution in [2.75, 3.05) is 45.9 Å². The third-order valence-electron chi connectivity index (χ3n) is 5.86. The summed E-state index contributed by atoms with van der Waals surface area (Å²) in [6, 6.07) is 15.9. The van der Waals surface area contributed by atoms with E-state index in [9.17, 15) is 0 Å². The van der Waals surface area contributed by atoms with E-state index in [-0.39, 0.29) is 0 Å². The van der Waals surface area contributed by atoms with Crippen molar-refractivity contribution in [3.63, 3.8) is 0 Å². The van der Waals surface area contributed by atoms with Crippen molar-refractivity contribution in [3.05, 3.63) is 58.6 Å². The van der Waals surface area contributed by atoms with Crippen LogP contribution in [0.4, 0.5) is 0 Å². The number of hydrogen-bond acceptors (Lipinski definition) is 2. The van der Waals surface area contributed by atoms with Crippen molar-refractivity contribution in [3.8, 4) is 0 Å². The first-order valence-electron chi connectivity index (χ1n) is 10.1. The molecule has 2 aliphatic heterocycles. The number of fused-ring (bicyclic) bond motifs is 2. The highest BCUT2D eigenvalue weighted by atomic mass is 35.5. The first-order chi connectivity index (χ1) is 13.2. The van der Waals surface area contributed by atoms with E-state index in [4.69, 9.17) is 16.3 Å². The van der Waals surface area contributed by atoms with E-state index in [1.807, 2.05) is 17.8 Å². The van der Waals surface area contributed by atoms with Crippen LogP contribution in [-0.2, 0) is 11.2 Å². The largest absolute Gasteiger partial charge is 0.376 e. The van der Waals surface area contributed by atoms with Gasteiger partial charge in [-0.2, -0.15) is 0 Å². The summed E-state index contributed by atoms with van der Waals surface area (Å²) in [7, 11) is 0. The smallest absolute Gasteiger partial charge is 0.128 e. The van der Waals surface area contributed by atoms with E-state index in [1.54, 1.807) is 9.80 Å². The fraction of sp³-hybridized carbons (Fsp3) is 0.455. The first kappa shape index (κ1) is 19.3. The highest BCUT2D eigenvalue weighted by Gasteiger charge is 2.34. The molecule has 0 spiro atoms. The summed E-state index contributed by atoms with van der Waals surface area (Å²) >= 11 is 8.22. The second-order valence-electron chi connectivity index (χ2n) is 7.50. The number of halogens is 1. The minimum Gasteiger partial charge on any atom is -0.376 e. The molecule has 4 rings (SSSR count). The summed E-state index contributed by atoms with van der Waals surface area (Å²) in [5, 5.41) is 0.847. The Morgan fingerprint density at radius 3 is 2.70 bits per heavy atom. The molecule has 0 bridgehead atoms. The van der Waals surface area contributed by atoms with Crippen LogP contribution in [0.3, 0.4) is 0 Å². The lowest BCUT2D eigenvalue weighted by molar-refractivity contribution is -1.03. The highest BCUT2D eigenvalue weighted by Crippen LogP contribution is 2.40. The minimum absolute atomic E-state index is 0.516. The molecule has 2 heterocycles. The standard InChI is InChI=1S/C22H27ClN2OS/c1-2-26-14-13-24-9-11-25(12-10-24)20-16-17-15-18(23)7-8-21(17)27-22-6-4-3-5-19(20)22/h3-8,15,20H,2,9-14,16H2,1H3/p+2/t20-/m0/s1. The normalized spacial score (nSPS) is 24.7. The Labute approximate surface area is 171 Å². The molecule has 0 amide bonds. The monoisotopic (exact) mass is 404 g/mol. The van der Waals surface area contributed by atoms with Gasteiger partial charge in [0.25, 0.3) is 0 Å². The van der Waals surface area contributed by atoms with E-state index >= 15 is 0 Å². The Morgan fingerprint density at radius 1 is 1.07 bits per heavy atom. The van der Waals surface area contributed by atoms with Gasteiger partial charge in [-0.3, -0.25) is 0 Å². The predicted molar refractivity (Wildman–Crippen MR) is 111 cm³/mol. The molecule has 144 valence electrons. The van der Waals surface area contributed by atoms with Gasteiger partial charge in [-0.05, 0) is 36.8 Å². The Hall–Kier alpha value is -1.04. The molecule has 27 heavy (non-hydrogen) atoms. The number of benzene rings is 2. The highest BCUT2D eigenvalue weighted by molar-refractivity contribution is 7.99. The van der Waals surface area contributed by atoms with Gasteiger partial charge in [0.05, 0.1) is 6.61 Å². The van der Waals surface area contributed by atoms with Gasteiger partial charge in [-0.25, -0.2) is 0 Å². The first-order valence-corrected chi connectivity index (χ1v) is 11.2. The molecule has 1 atom stereocenters. The number of ether oxygens (including phenoxy) is 1. The SMILES string of the molecule is CCOCC[NH+]1CC[NH+]([C@H]2Cc3cc(Cl)ccc3Sc3ccccc32)CC1. The van der Waals surface area contributed by atoms with Crippen LogP contribution in [0.15, 0.2) is 52.3 Å². The van der Waals surface area contributed by atoms with Crippen LogP contribution in [-0.4, -0.2) is 45.9 Å². The van der Waals surface area contributed by atoms with Gasteiger partial charge in [0, 0.05) is 33.4 Å². The molecule has 0 aliphatic carbocycles. The fourth-order valence-electron chi connectivity index (χ4n) is 4.37. The molecule has 3 nitrogen and oxygen atoms in total. The molecule has 2 aromatic rings. The maximum atomic E-state index is 6.32. The molecule has 2 aromatic carbocycles. The average molecular weight is 405 g/mol. The summed E-state index contributed by atoms with van der Waals surface area (Å²) in [5.74, 6) is 0. The molecule has 0 unspecified atom stereocenters. The fourth-order valence-corrected chi connectivity index (χ4v) is 5.68. The molecule has 1 fully saturated rings. The summed E-state index contributed by atoms with van der Waals surface area (Å²) < 4.78 is 5.55. The summed E-state index contributed by atoms with van der Waals surface area (Å²) in [4.78, 5) is 6.17. The van der Waals surface area contributed by atoms with Crippen LogP contribution in [0.5, 0.6) is 0 Å². The molecule has 2 N–H and O–H groups in total. The number of piperazine rings is 1. The Morgan fingerprint density at radius 2 is 1.89 bits per heavy atom. The Balaban J connectivity index is 1.53. The van der Waals surface area contributed by atoms with Crippen LogP contribution < -0.4 is 9.80 Å². The molecule has 0 saturated carbocycles. The summed E-state index contributed by atoms with van der Waals surface area (Å²) in [5.41, 5.74) is 2.90. The van der Waals surface area contributed by atoms with Crippen molar-refractivity contribution in [2.24, 2.45) is 0 Å². The zero-order chi connectivity index (χ0) is 18.6. The van der Waals surface area contributed by atoms with Crippen molar-refractivity contribution in [2.45, 2.75) is 29.2 Å². The van der Waals surface area contributed by atoms with Gasteiger partial charge in [0.2, 0.25) is 0 Å². The lowest BCUT2D eigenvalue weighted by Crippen LogP contribution is -3.28. The van der Waals surface area contributed by atoms with Crippen LogP contribution in [0.2, 0.25) is 5.02 Å². The van der Waals surface area contributed by atoms with Gasteiger partial charge in [0.1, 0.15) is 38.8 Å². The maximum absolute atomic E-state index is 6.32. The zero-order valence-corrected chi connectivity index (χ0v) is 17.5. The Bertz CT molecular complexity index is 777. The van der Waals surface area contributed by atoms with Crippen LogP contribution in [0.25, 0.3) is 0 Å². The number of hydrogen-bond donors (Lipinski definition) is 2. The second-order valence-corrected chi connectivity index (χ2v) is 9.02. The van der Waals surface area contributed by atoms with E-state index in [2.05, 4.69) is 43.3 Å². The summed E-state index contributed by atoms with van der Waals surface area (Å²) in [6.45, 7) is 9.83. The lowest BCUT2D eigenvalue weighted by Gasteiger charge is -2.35. The van der Waals surface area contributed by atoms with Crippen molar-refractivity contribution >= 4 is 23.4 Å². The number of quaternary nitrogens is 2. The van der Waals surface area contributed by atoms with Gasteiger partial charge < -0.3 is 14.5 Å². The molecule has 0 radical (unpaired) electrons. The average Bonchev–Trinajstić information content (AvgIpc) is 2.85. The maximum Gasteiger partial charge on any atom is 0.128 e.